The molecule has 104 valence electrons. The van der Waals surface area contributed by atoms with Crippen LogP contribution in [0.3, 0.4) is 0 Å². The van der Waals surface area contributed by atoms with Crippen molar-refractivity contribution >= 4 is 18.9 Å². The summed E-state index contributed by atoms with van der Waals surface area (Å²) in [6.07, 6.45) is 1.31. The highest BCUT2D eigenvalue weighted by molar-refractivity contribution is 6.50. The van der Waals surface area contributed by atoms with Gasteiger partial charge in [0, 0.05) is 18.1 Å². The van der Waals surface area contributed by atoms with Crippen molar-refractivity contribution < 1.29 is 27.2 Å². The molecule has 0 aliphatic carbocycles. The molecule has 0 bridgehead atoms. The van der Waals surface area contributed by atoms with E-state index in [0.29, 0.717) is 18.5 Å². The Morgan fingerprint density at radius 1 is 1.26 bits per heavy atom. The molecule has 0 spiro atoms. The van der Waals surface area contributed by atoms with Crippen molar-refractivity contribution in [2.24, 2.45) is 0 Å². The lowest BCUT2D eigenvalue weighted by Crippen LogP contribution is -2.02. The first kappa shape index (κ1) is 16.9. The summed E-state index contributed by atoms with van der Waals surface area (Å²) >= 11 is 0. The maximum Gasteiger partial charge on any atom is 0.673 e. The van der Waals surface area contributed by atoms with Gasteiger partial charge >= 0.3 is 18.9 Å². The number of carbonyl (C=O) groups is 1. The largest absolute Gasteiger partial charge is 0.673 e. The first-order chi connectivity index (χ1) is 8.74. The van der Waals surface area contributed by atoms with E-state index in [4.69, 9.17) is 10.5 Å². The zero-order chi connectivity index (χ0) is 14.9. The van der Waals surface area contributed by atoms with Gasteiger partial charge in [0.1, 0.15) is 0 Å². The van der Waals surface area contributed by atoms with Crippen LogP contribution >= 0.6 is 0 Å². The molecule has 0 aromatic heterocycles. The molecule has 0 atom stereocenters. The lowest BCUT2D eigenvalue weighted by atomic mass is 10.1. The normalized spacial score (nSPS) is 10.1. The number of nitrogens with zero attached hydrogens (tertiary/aromatic N) is 2. The number of aliphatic carboxylic acids is 1. The Labute approximate surface area is 106 Å². The van der Waals surface area contributed by atoms with Crippen LogP contribution in [-0.4, -0.2) is 18.3 Å². The molecular weight excluding hydrogens is 267 g/mol. The monoisotopic (exact) mass is 278 g/mol. The SMILES string of the molecule is F[B-](F)(F)F.N#[N+]c1ccccc1CCCC(=O)O. The Kier molecular flexibility index (Phi) is 7.18. The molecule has 1 aromatic rings. The molecule has 1 N–H and O–H groups in total. The molecule has 0 heterocycles. The molecule has 0 aliphatic heterocycles. The fraction of sp³-hybridized carbons (Fsp3) is 0.300. The Morgan fingerprint density at radius 3 is 2.26 bits per heavy atom. The minimum absolute atomic E-state index is 0.139. The summed E-state index contributed by atoms with van der Waals surface area (Å²) in [5.74, 6) is -0.802. The minimum Gasteiger partial charge on any atom is -0.481 e. The number of halogens is 4. The average molecular weight is 278 g/mol. The third-order valence-corrected chi connectivity index (χ3v) is 1.94. The first-order valence-corrected chi connectivity index (χ1v) is 5.26. The summed E-state index contributed by atoms with van der Waals surface area (Å²) < 4.78 is 39.0. The molecule has 0 unspecified atom stereocenters. The predicted octanol–water partition coefficient (Wildman–Crippen LogP) is 3.88. The van der Waals surface area contributed by atoms with Gasteiger partial charge < -0.3 is 22.4 Å². The van der Waals surface area contributed by atoms with Gasteiger partial charge in [0.15, 0.2) is 4.98 Å². The topological polar surface area (TPSA) is 65.5 Å². The van der Waals surface area contributed by atoms with Crippen molar-refractivity contribution in [1.82, 2.24) is 0 Å². The lowest BCUT2D eigenvalue weighted by molar-refractivity contribution is -0.137. The molecule has 1 rings (SSSR count). The standard InChI is InChI=1S/C10H10N2O2.BF4/c11-12-9-6-2-1-4-8(9)5-3-7-10(13)14;2-1(3,4)5/h1-2,4,6H,3,5,7H2;/q;-1/p+1. The summed E-state index contributed by atoms with van der Waals surface area (Å²) in [6.45, 7) is 0. The van der Waals surface area contributed by atoms with Crippen LogP contribution in [0.4, 0.5) is 23.0 Å². The summed E-state index contributed by atoms with van der Waals surface area (Å²) in [5.41, 5.74) is 1.38. The first-order valence-electron chi connectivity index (χ1n) is 5.26. The smallest absolute Gasteiger partial charge is 0.481 e. The molecule has 1 aromatic carbocycles. The van der Waals surface area contributed by atoms with Crippen LogP contribution in [0.2, 0.25) is 0 Å². The third-order valence-electron chi connectivity index (χ3n) is 1.94. The maximum atomic E-state index is 10.3. The van der Waals surface area contributed by atoms with Gasteiger partial charge in [-0.2, -0.15) is 0 Å². The van der Waals surface area contributed by atoms with E-state index >= 15 is 0 Å². The third kappa shape index (κ3) is 10.8. The fourth-order valence-corrected chi connectivity index (χ4v) is 1.25. The van der Waals surface area contributed by atoms with Crippen molar-refractivity contribution in [3.05, 3.63) is 34.8 Å². The van der Waals surface area contributed by atoms with Crippen molar-refractivity contribution in [3.8, 4) is 0 Å². The van der Waals surface area contributed by atoms with E-state index in [1.165, 1.54) is 0 Å². The number of diazo groups is 1. The number of hydrogen-bond acceptors (Lipinski definition) is 2. The van der Waals surface area contributed by atoms with Crippen molar-refractivity contribution in [1.29, 1.82) is 5.39 Å². The molecule has 0 saturated carbocycles. The quantitative estimate of drug-likeness (QED) is 0.516. The fourth-order valence-electron chi connectivity index (χ4n) is 1.25. The Bertz CT molecular complexity index is 454. The summed E-state index contributed by atoms with van der Waals surface area (Å²) in [5, 5.41) is 17.1. The molecule has 0 fully saturated rings. The van der Waals surface area contributed by atoms with Crippen LogP contribution in [0.1, 0.15) is 18.4 Å². The summed E-state index contributed by atoms with van der Waals surface area (Å²) in [4.78, 5) is 13.4. The number of rotatable bonds is 4. The zero-order valence-corrected chi connectivity index (χ0v) is 9.77. The van der Waals surface area contributed by atoms with E-state index in [0.717, 1.165) is 5.56 Å². The van der Waals surface area contributed by atoms with Crippen LogP contribution in [0.5, 0.6) is 0 Å². The highest BCUT2D eigenvalue weighted by Gasteiger charge is 2.20. The Balaban J connectivity index is 0.000000555. The molecule has 19 heavy (non-hydrogen) atoms. The van der Waals surface area contributed by atoms with E-state index in [1.54, 1.807) is 12.1 Å². The molecular formula is C10H11BF4N2O2. The van der Waals surface area contributed by atoms with E-state index in [2.05, 4.69) is 4.98 Å². The molecule has 9 heteroatoms. The Morgan fingerprint density at radius 2 is 1.79 bits per heavy atom. The van der Waals surface area contributed by atoms with E-state index in [1.807, 2.05) is 12.1 Å². The number of hydrogen-bond donors (Lipinski definition) is 1. The average Bonchev–Trinajstić information content (AvgIpc) is 2.27. The van der Waals surface area contributed by atoms with Gasteiger partial charge in [0.2, 0.25) is 5.39 Å². The van der Waals surface area contributed by atoms with Gasteiger partial charge in [0.05, 0.1) is 0 Å². The van der Waals surface area contributed by atoms with Crippen molar-refractivity contribution in [3.63, 3.8) is 0 Å². The van der Waals surface area contributed by atoms with E-state index in [9.17, 15) is 22.1 Å². The maximum absolute atomic E-state index is 10.3. The highest BCUT2D eigenvalue weighted by Crippen LogP contribution is 2.20. The zero-order valence-electron chi connectivity index (χ0n) is 9.77. The van der Waals surface area contributed by atoms with Gasteiger partial charge in [-0.15, -0.1) is 0 Å². The van der Waals surface area contributed by atoms with Crippen LogP contribution in [0.25, 0.3) is 4.98 Å². The molecule has 0 radical (unpaired) electrons. The van der Waals surface area contributed by atoms with E-state index < -0.39 is 13.2 Å². The lowest BCUT2D eigenvalue weighted by Gasteiger charge is -1.95. The number of benzene rings is 1. The van der Waals surface area contributed by atoms with Gasteiger partial charge in [-0.3, -0.25) is 4.79 Å². The summed E-state index contributed by atoms with van der Waals surface area (Å²) in [7, 11) is -6.00. The number of carboxylic acids is 1. The van der Waals surface area contributed by atoms with Crippen LogP contribution in [0.15, 0.2) is 24.3 Å². The van der Waals surface area contributed by atoms with Gasteiger partial charge in [-0.25, -0.2) is 0 Å². The summed E-state index contributed by atoms with van der Waals surface area (Å²) in [6, 6.07) is 7.13. The molecule has 0 amide bonds. The van der Waals surface area contributed by atoms with Gasteiger partial charge in [-0.05, 0) is 12.8 Å². The predicted molar refractivity (Wildman–Crippen MR) is 61.9 cm³/mol. The Hall–Kier alpha value is -2.11. The second-order valence-electron chi connectivity index (χ2n) is 3.47. The van der Waals surface area contributed by atoms with E-state index in [-0.39, 0.29) is 6.42 Å². The van der Waals surface area contributed by atoms with Crippen molar-refractivity contribution in [2.75, 3.05) is 0 Å². The molecule has 0 aliphatic rings. The van der Waals surface area contributed by atoms with Crippen molar-refractivity contribution in [2.45, 2.75) is 19.3 Å². The highest BCUT2D eigenvalue weighted by atomic mass is 19.5. The second kappa shape index (κ2) is 8.08. The minimum atomic E-state index is -6.00. The van der Waals surface area contributed by atoms with Crippen LogP contribution < -0.4 is 0 Å². The van der Waals surface area contributed by atoms with Crippen LogP contribution in [-0.2, 0) is 11.2 Å². The van der Waals surface area contributed by atoms with Gasteiger partial charge in [0.25, 0.3) is 0 Å². The number of aryl methyl sites for hydroxylation is 1. The van der Waals surface area contributed by atoms with Crippen LogP contribution in [0, 0.1) is 5.39 Å². The molecule has 4 nitrogen and oxygen atoms in total. The molecule has 0 saturated heterocycles. The number of carboxylic acid groups (broad SMARTS) is 1. The van der Waals surface area contributed by atoms with Gasteiger partial charge in [-0.1, -0.05) is 18.2 Å². The second-order valence-corrected chi connectivity index (χ2v) is 3.47.